The lowest BCUT2D eigenvalue weighted by Crippen LogP contribution is -2.56. The second-order valence-electron chi connectivity index (χ2n) is 6.46. The number of nitrogens with one attached hydrogen (secondary N) is 2. The summed E-state index contributed by atoms with van der Waals surface area (Å²) in [6.45, 7) is 5.97. The van der Waals surface area contributed by atoms with Gasteiger partial charge in [0.2, 0.25) is 0 Å². The second kappa shape index (κ2) is 6.88. The number of methoxy groups -OCH3 is 1. The molecule has 23 heavy (non-hydrogen) atoms. The van der Waals surface area contributed by atoms with Crippen LogP contribution in [0.25, 0.3) is 0 Å². The van der Waals surface area contributed by atoms with Crippen molar-refractivity contribution in [1.82, 2.24) is 25.1 Å². The van der Waals surface area contributed by atoms with Gasteiger partial charge < -0.3 is 19.9 Å². The topological polar surface area (TPSA) is 73.5 Å². The molecule has 128 valence electrons. The minimum atomic E-state index is -0.138. The molecule has 1 atom stereocenters. The lowest BCUT2D eigenvalue weighted by atomic mass is 9.80. The summed E-state index contributed by atoms with van der Waals surface area (Å²) >= 11 is 0. The quantitative estimate of drug-likeness (QED) is 0.859. The highest BCUT2D eigenvalue weighted by molar-refractivity contribution is 5.74. The van der Waals surface area contributed by atoms with Gasteiger partial charge in [-0.3, -0.25) is 4.90 Å². The van der Waals surface area contributed by atoms with Crippen LogP contribution in [0.2, 0.25) is 0 Å². The van der Waals surface area contributed by atoms with Gasteiger partial charge in [0.1, 0.15) is 5.82 Å². The smallest absolute Gasteiger partial charge is 0.317 e. The van der Waals surface area contributed by atoms with Crippen molar-refractivity contribution in [3.63, 3.8) is 0 Å². The van der Waals surface area contributed by atoms with E-state index in [4.69, 9.17) is 4.74 Å². The fraction of sp³-hybridized carbons (Fsp3) is 0.750. The molecule has 0 radical (unpaired) electrons. The van der Waals surface area contributed by atoms with Crippen LogP contribution in [0.5, 0.6) is 0 Å². The molecule has 1 aromatic rings. The molecule has 2 heterocycles. The molecule has 1 aliphatic heterocycles. The molecule has 7 heteroatoms. The number of hydrogen-bond acceptors (Lipinski definition) is 4. The molecule has 2 aliphatic rings. The summed E-state index contributed by atoms with van der Waals surface area (Å²) in [4.78, 5) is 24.3. The number of piperazine rings is 1. The molecule has 7 nitrogen and oxygen atoms in total. The number of carbonyl (C=O) groups is 1. The van der Waals surface area contributed by atoms with Gasteiger partial charge in [-0.2, -0.15) is 0 Å². The summed E-state index contributed by atoms with van der Waals surface area (Å²) < 4.78 is 5.57. The first kappa shape index (κ1) is 16.3. The Morgan fingerprint density at radius 1 is 1.52 bits per heavy atom. The molecule has 2 fully saturated rings. The minimum absolute atomic E-state index is 0.000587. The number of carbonyl (C=O) groups excluding carboxylic acids is 1. The number of urea groups is 1. The Morgan fingerprint density at radius 3 is 2.91 bits per heavy atom. The van der Waals surface area contributed by atoms with Crippen LogP contribution in [0.4, 0.5) is 4.79 Å². The number of rotatable bonds is 5. The van der Waals surface area contributed by atoms with Crippen molar-refractivity contribution >= 4 is 6.03 Å². The maximum atomic E-state index is 12.5. The first-order chi connectivity index (χ1) is 11.2. The van der Waals surface area contributed by atoms with Gasteiger partial charge >= 0.3 is 6.03 Å². The van der Waals surface area contributed by atoms with Crippen LogP contribution in [-0.2, 0) is 4.74 Å². The van der Waals surface area contributed by atoms with Gasteiger partial charge in [0.15, 0.2) is 0 Å². The zero-order valence-corrected chi connectivity index (χ0v) is 14.0. The Bertz CT molecular complexity index is 509. The highest BCUT2D eigenvalue weighted by Gasteiger charge is 2.38. The summed E-state index contributed by atoms with van der Waals surface area (Å²) in [5.74, 6) is 0.928. The maximum Gasteiger partial charge on any atom is 0.317 e. The van der Waals surface area contributed by atoms with Crippen molar-refractivity contribution < 1.29 is 9.53 Å². The molecule has 0 spiro atoms. The van der Waals surface area contributed by atoms with E-state index in [2.05, 4.69) is 27.1 Å². The van der Waals surface area contributed by atoms with Crippen LogP contribution >= 0.6 is 0 Å². The summed E-state index contributed by atoms with van der Waals surface area (Å²) in [7, 11) is 1.73. The zero-order valence-electron chi connectivity index (χ0n) is 14.0. The molecule has 1 saturated heterocycles. The molecule has 0 bridgehead atoms. The largest absolute Gasteiger partial charge is 0.376 e. The number of nitrogens with zero attached hydrogens (tertiary/aromatic N) is 3. The van der Waals surface area contributed by atoms with E-state index in [1.807, 2.05) is 11.1 Å². The molecular formula is C16H27N5O2. The number of H-pyrrole nitrogens is 1. The van der Waals surface area contributed by atoms with Gasteiger partial charge in [-0.15, -0.1) is 0 Å². The van der Waals surface area contributed by atoms with Gasteiger partial charge in [0, 0.05) is 45.7 Å². The average molecular weight is 321 g/mol. The molecule has 0 aromatic carbocycles. The van der Waals surface area contributed by atoms with E-state index < -0.39 is 0 Å². The van der Waals surface area contributed by atoms with Crippen molar-refractivity contribution in [1.29, 1.82) is 0 Å². The predicted molar refractivity (Wildman–Crippen MR) is 87.1 cm³/mol. The van der Waals surface area contributed by atoms with Gasteiger partial charge in [-0.05, 0) is 25.8 Å². The summed E-state index contributed by atoms with van der Waals surface area (Å²) in [5, 5.41) is 3.06. The number of amides is 2. The lowest BCUT2D eigenvalue weighted by Gasteiger charge is -2.42. The third kappa shape index (κ3) is 3.35. The average Bonchev–Trinajstić information content (AvgIpc) is 3.07. The summed E-state index contributed by atoms with van der Waals surface area (Å²) in [6, 6.07) is 0.134. The van der Waals surface area contributed by atoms with E-state index in [9.17, 15) is 4.79 Å². The van der Waals surface area contributed by atoms with E-state index >= 15 is 0 Å². The third-order valence-corrected chi connectivity index (χ3v) is 5.28. The van der Waals surface area contributed by atoms with E-state index in [1.54, 1.807) is 13.3 Å². The van der Waals surface area contributed by atoms with Crippen LogP contribution in [0.3, 0.4) is 0 Å². The Labute approximate surface area is 137 Å². The van der Waals surface area contributed by atoms with Crippen LogP contribution in [0.1, 0.15) is 38.1 Å². The van der Waals surface area contributed by atoms with Gasteiger partial charge in [-0.25, -0.2) is 9.78 Å². The van der Waals surface area contributed by atoms with Crippen molar-refractivity contribution in [2.75, 3.05) is 39.8 Å². The fourth-order valence-corrected chi connectivity index (χ4v) is 3.48. The van der Waals surface area contributed by atoms with E-state index in [1.165, 1.54) is 6.42 Å². The van der Waals surface area contributed by atoms with Crippen LogP contribution in [-0.4, -0.2) is 71.2 Å². The fourth-order valence-electron chi connectivity index (χ4n) is 3.48. The van der Waals surface area contributed by atoms with Crippen molar-refractivity contribution in [2.24, 2.45) is 0 Å². The Morgan fingerprint density at radius 2 is 2.35 bits per heavy atom. The van der Waals surface area contributed by atoms with E-state index in [0.29, 0.717) is 13.1 Å². The number of aromatic nitrogens is 2. The SMILES string of the molecule is CCN1CCN(C(=O)NCC2(OC)CCC2)CC1c1ncc[nH]1. The number of ether oxygens (including phenoxy) is 1. The molecule has 1 saturated carbocycles. The molecule has 1 aliphatic carbocycles. The summed E-state index contributed by atoms with van der Waals surface area (Å²) in [5.41, 5.74) is -0.138. The second-order valence-corrected chi connectivity index (χ2v) is 6.46. The molecule has 1 aromatic heterocycles. The van der Waals surface area contributed by atoms with E-state index in [-0.39, 0.29) is 17.7 Å². The zero-order chi connectivity index (χ0) is 16.3. The minimum Gasteiger partial charge on any atom is -0.376 e. The van der Waals surface area contributed by atoms with Gasteiger partial charge in [0.05, 0.1) is 11.6 Å². The Balaban J connectivity index is 1.58. The van der Waals surface area contributed by atoms with Crippen molar-refractivity contribution in [3.8, 4) is 0 Å². The lowest BCUT2D eigenvalue weighted by molar-refractivity contribution is -0.0681. The van der Waals surface area contributed by atoms with Crippen molar-refractivity contribution in [3.05, 3.63) is 18.2 Å². The normalized spacial score (nSPS) is 24.3. The van der Waals surface area contributed by atoms with Crippen LogP contribution in [0, 0.1) is 0 Å². The highest BCUT2D eigenvalue weighted by atomic mass is 16.5. The Hall–Kier alpha value is -1.60. The van der Waals surface area contributed by atoms with Gasteiger partial charge in [0.25, 0.3) is 0 Å². The van der Waals surface area contributed by atoms with Crippen LogP contribution in [0.15, 0.2) is 12.4 Å². The standard InChI is InChI=1S/C16H27N5O2/c1-3-20-9-10-21(11-13(20)14-17-7-8-18-14)15(22)19-12-16(23-2)5-4-6-16/h7-8,13H,3-6,9-12H2,1-2H3,(H,17,18)(H,19,22). The first-order valence-electron chi connectivity index (χ1n) is 8.49. The highest BCUT2D eigenvalue weighted by Crippen LogP contribution is 2.34. The molecule has 1 unspecified atom stereocenters. The monoisotopic (exact) mass is 321 g/mol. The molecule has 2 N–H and O–H groups in total. The van der Waals surface area contributed by atoms with Crippen molar-refractivity contribution in [2.45, 2.75) is 37.8 Å². The molecular weight excluding hydrogens is 294 g/mol. The van der Waals surface area contributed by atoms with Crippen LogP contribution < -0.4 is 5.32 Å². The van der Waals surface area contributed by atoms with Gasteiger partial charge in [-0.1, -0.05) is 6.92 Å². The number of imidazole rings is 1. The predicted octanol–water partition coefficient (Wildman–Crippen LogP) is 1.37. The molecule has 2 amide bonds. The van der Waals surface area contributed by atoms with E-state index in [0.717, 1.165) is 38.3 Å². The number of hydrogen-bond donors (Lipinski definition) is 2. The number of aromatic amines is 1. The first-order valence-corrected chi connectivity index (χ1v) is 8.49. The molecule has 3 rings (SSSR count). The third-order valence-electron chi connectivity index (χ3n) is 5.28. The number of likely N-dealkylation sites (N-methyl/N-ethyl adjacent to an activating group) is 1. The maximum absolute atomic E-state index is 12.5. The Kier molecular flexibility index (Phi) is 4.87. The summed E-state index contributed by atoms with van der Waals surface area (Å²) in [6.07, 6.45) is 6.84.